The molecule has 2 heteroatoms. The van der Waals surface area contributed by atoms with Gasteiger partial charge in [0.1, 0.15) is 5.78 Å². The van der Waals surface area contributed by atoms with Crippen LogP contribution in [0.15, 0.2) is 0 Å². The Morgan fingerprint density at radius 2 is 1.75 bits per heavy atom. The second-order valence-corrected chi connectivity index (χ2v) is 6.42. The van der Waals surface area contributed by atoms with Crippen LogP contribution in [0.2, 0.25) is 0 Å². The van der Waals surface area contributed by atoms with E-state index in [1.165, 1.54) is 62.5 Å². The Bertz CT molecular complexity index is 293. The highest BCUT2D eigenvalue weighted by atomic mass is 16.1. The lowest BCUT2D eigenvalue weighted by molar-refractivity contribution is -0.926. The van der Waals surface area contributed by atoms with Crippen molar-refractivity contribution in [1.82, 2.24) is 0 Å². The standard InChI is InChI=1S/C14H24NO/c1-15(9-2-3-10-15)13-8-7-11-5-4-6-12(13)14(11)16/h11-13H,2-10H2,1H3/q+1/t11-,12+,13+/m1/s1. The molecule has 0 aromatic carbocycles. The normalized spacial score (nSPS) is 42.3. The Kier molecular flexibility index (Phi) is 2.58. The van der Waals surface area contributed by atoms with E-state index in [1.54, 1.807) is 0 Å². The molecule has 0 N–H and O–H groups in total. The number of carbonyl (C=O) groups is 1. The maximum Gasteiger partial charge on any atom is 0.144 e. The molecule has 0 aromatic rings. The van der Waals surface area contributed by atoms with Crippen molar-refractivity contribution < 1.29 is 9.28 Å². The van der Waals surface area contributed by atoms with Crippen molar-refractivity contribution in [3.63, 3.8) is 0 Å². The third-order valence-corrected chi connectivity index (χ3v) is 5.50. The van der Waals surface area contributed by atoms with E-state index in [9.17, 15) is 4.79 Å². The zero-order chi connectivity index (χ0) is 11.2. The van der Waals surface area contributed by atoms with Gasteiger partial charge in [-0.2, -0.15) is 0 Å². The smallest absolute Gasteiger partial charge is 0.144 e. The van der Waals surface area contributed by atoms with E-state index in [2.05, 4.69) is 7.05 Å². The number of hydrogen-bond acceptors (Lipinski definition) is 1. The quantitative estimate of drug-likeness (QED) is 0.623. The van der Waals surface area contributed by atoms with Gasteiger partial charge in [0, 0.05) is 25.2 Å². The van der Waals surface area contributed by atoms with Crippen LogP contribution in [-0.2, 0) is 4.79 Å². The molecule has 16 heavy (non-hydrogen) atoms. The molecule has 2 nitrogen and oxygen atoms in total. The number of fused-ring (bicyclic) bond motifs is 2. The van der Waals surface area contributed by atoms with Gasteiger partial charge in [-0.25, -0.2) is 0 Å². The van der Waals surface area contributed by atoms with Gasteiger partial charge in [-0.1, -0.05) is 6.42 Å². The summed E-state index contributed by atoms with van der Waals surface area (Å²) in [4.78, 5) is 12.3. The fraction of sp³-hybridized carbons (Fsp3) is 0.929. The van der Waals surface area contributed by atoms with E-state index in [0.29, 0.717) is 23.7 Å². The molecule has 1 saturated heterocycles. The van der Waals surface area contributed by atoms with Crippen LogP contribution >= 0.6 is 0 Å². The highest BCUT2D eigenvalue weighted by Gasteiger charge is 2.49. The minimum Gasteiger partial charge on any atom is -0.323 e. The van der Waals surface area contributed by atoms with Gasteiger partial charge >= 0.3 is 0 Å². The van der Waals surface area contributed by atoms with Crippen LogP contribution in [0.4, 0.5) is 0 Å². The zero-order valence-corrected chi connectivity index (χ0v) is 10.5. The van der Waals surface area contributed by atoms with E-state index in [4.69, 9.17) is 0 Å². The lowest BCUT2D eigenvalue weighted by atomic mass is 9.68. The van der Waals surface area contributed by atoms with Crippen LogP contribution in [0.25, 0.3) is 0 Å². The molecule has 2 aliphatic carbocycles. The number of ketones is 1. The third kappa shape index (κ3) is 1.54. The van der Waals surface area contributed by atoms with E-state index < -0.39 is 0 Å². The Balaban J connectivity index is 1.82. The highest BCUT2D eigenvalue weighted by molar-refractivity contribution is 5.85. The molecule has 2 bridgehead atoms. The summed E-state index contributed by atoms with van der Waals surface area (Å²) in [7, 11) is 2.40. The van der Waals surface area contributed by atoms with Crippen molar-refractivity contribution in [2.24, 2.45) is 11.8 Å². The molecule has 90 valence electrons. The summed E-state index contributed by atoms with van der Waals surface area (Å²) in [6.45, 7) is 2.64. The highest BCUT2D eigenvalue weighted by Crippen LogP contribution is 2.42. The summed E-state index contributed by atoms with van der Waals surface area (Å²) in [6.07, 6.45) is 8.93. The Morgan fingerprint density at radius 3 is 2.50 bits per heavy atom. The lowest BCUT2D eigenvalue weighted by Gasteiger charge is -2.47. The summed E-state index contributed by atoms with van der Waals surface area (Å²) in [5.74, 6) is 1.51. The van der Waals surface area contributed by atoms with Crippen molar-refractivity contribution in [2.45, 2.75) is 51.0 Å². The molecule has 2 saturated carbocycles. The van der Waals surface area contributed by atoms with E-state index >= 15 is 0 Å². The number of rotatable bonds is 1. The molecular weight excluding hydrogens is 198 g/mol. The Hall–Kier alpha value is -0.370. The molecule has 0 aromatic heterocycles. The molecule has 0 radical (unpaired) electrons. The maximum absolute atomic E-state index is 12.3. The molecule has 0 spiro atoms. The van der Waals surface area contributed by atoms with Crippen molar-refractivity contribution >= 4 is 5.78 Å². The van der Waals surface area contributed by atoms with Crippen LogP contribution in [0.1, 0.15) is 44.9 Å². The van der Waals surface area contributed by atoms with Gasteiger partial charge in [0.05, 0.1) is 32.1 Å². The molecule has 3 aliphatic rings. The molecule has 1 heterocycles. The summed E-state index contributed by atoms with van der Waals surface area (Å²) >= 11 is 0. The lowest BCUT2D eigenvalue weighted by Crippen LogP contribution is -2.58. The Morgan fingerprint density at radius 1 is 1.00 bits per heavy atom. The fourth-order valence-corrected chi connectivity index (χ4v) is 4.55. The van der Waals surface area contributed by atoms with Crippen LogP contribution < -0.4 is 0 Å². The average Bonchev–Trinajstić information content (AvgIpc) is 2.65. The fourth-order valence-electron chi connectivity index (χ4n) is 4.55. The van der Waals surface area contributed by atoms with E-state index in [1.807, 2.05) is 0 Å². The van der Waals surface area contributed by atoms with Crippen LogP contribution in [0, 0.1) is 11.8 Å². The first-order valence-corrected chi connectivity index (χ1v) is 7.09. The van der Waals surface area contributed by atoms with E-state index in [0.717, 1.165) is 0 Å². The third-order valence-electron chi connectivity index (χ3n) is 5.50. The minimum atomic E-state index is 0.426. The first kappa shape index (κ1) is 10.8. The first-order valence-electron chi connectivity index (χ1n) is 7.09. The predicted molar refractivity (Wildman–Crippen MR) is 64.0 cm³/mol. The van der Waals surface area contributed by atoms with Crippen LogP contribution in [0.5, 0.6) is 0 Å². The number of nitrogens with zero attached hydrogens (tertiary/aromatic N) is 1. The van der Waals surface area contributed by atoms with Crippen molar-refractivity contribution in [3.8, 4) is 0 Å². The second kappa shape index (κ2) is 3.83. The van der Waals surface area contributed by atoms with Gasteiger partial charge in [-0.15, -0.1) is 0 Å². The van der Waals surface area contributed by atoms with Gasteiger partial charge in [-0.05, 0) is 19.3 Å². The predicted octanol–water partition coefficient (Wildman–Crippen LogP) is 2.37. The topological polar surface area (TPSA) is 17.1 Å². The second-order valence-electron chi connectivity index (χ2n) is 6.42. The van der Waals surface area contributed by atoms with E-state index in [-0.39, 0.29) is 0 Å². The van der Waals surface area contributed by atoms with Crippen molar-refractivity contribution in [3.05, 3.63) is 0 Å². The Labute approximate surface area is 98.6 Å². The number of carbonyl (C=O) groups excluding carboxylic acids is 1. The maximum atomic E-state index is 12.3. The molecule has 3 fully saturated rings. The molecule has 0 unspecified atom stereocenters. The molecule has 0 amide bonds. The van der Waals surface area contributed by atoms with Gasteiger partial charge < -0.3 is 4.48 Å². The van der Waals surface area contributed by atoms with Crippen LogP contribution in [0.3, 0.4) is 0 Å². The number of Topliss-reactive ketones (excluding diaryl/α,β-unsaturated/α-hetero) is 1. The first-order chi connectivity index (χ1) is 7.71. The van der Waals surface area contributed by atoms with Gasteiger partial charge in [0.25, 0.3) is 0 Å². The van der Waals surface area contributed by atoms with Crippen molar-refractivity contribution in [2.75, 3.05) is 20.1 Å². The van der Waals surface area contributed by atoms with Gasteiger partial charge in [0.2, 0.25) is 0 Å². The molecule has 3 atom stereocenters. The molecule has 1 aliphatic heterocycles. The van der Waals surface area contributed by atoms with Gasteiger partial charge in [-0.3, -0.25) is 4.79 Å². The molecule has 3 rings (SSSR count). The molecular formula is C14H24NO+. The summed E-state index contributed by atoms with van der Waals surface area (Å²) in [5.41, 5.74) is 0. The number of hydrogen-bond donors (Lipinski definition) is 0. The van der Waals surface area contributed by atoms with Crippen LogP contribution in [-0.4, -0.2) is 36.4 Å². The largest absolute Gasteiger partial charge is 0.323 e. The number of likely N-dealkylation sites (tertiary alicyclic amines) is 1. The SMILES string of the molecule is C[N+]1([C@H]2CC[C@H]3CCC[C@@H]2C3=O)CCCC1. The monoisotopic (exact) mass is 222 g/mol. The zero-order valence-electron chi connectivity index (χ0n) is 10.5. The summed E-state index contributed by atoms with van der Waals surface area (Å²) in [6, 6.07) is 0.673. The number of quaternary nitrogens is 1. The summed E-state index contributed by atoms with van der Waals surface area (Å²) in [5, 5.41) is 0. The average molecular weight is 222 g/mol. The van der Waals surface area contributed by atoms with Crippen molar-refractivity contribution in [1.29, 1.82) is 0 Å². The summed E-state index contributed by atoms with van der Waals surface area (Å²) < 4.78 is 1.21. The van der Waals surface area contributed by atoms with Gasteiger partial charge in [0.15, 0.2) is 0 Å². The minimum absolute atomic E-state index is 0.426.